The summed E-state index contributed by atoms with van der Waals surface area (Å²) >= 11 is 18.0. The number of sulfonamides is 1. The van der Waals surface area contributed by atoms with Gasteiger partial charge in [0, 0.05) is 5.02 Å². The van der Waals surface area contributed by atoms with E-state index in [0.29, 0.717) is 31.9 Å². The van der Waals surface area contributed by atoms with Crippen molar-refractivity contribution in [2.45, 2.75) is 11.8 Å². The summed E-state index contributed by atoms with van der Waals surface area (Å²) in [5.74, 6) is -0.639. The molecule has 0 atom stereocenters. The number of carbonyl (C=O) groups excluding carboxylic acids is 1. The number of amides is 1. The number of hydrogen-bond donors (Lipinski definition) is 1. The van der Waals surface area contributed by atoms with Crippen LogP contribution in [-0.4, -0.2) is 27.1 Å². The van der Waals surface area contributed by atoms with Crippen LogP contribution in [-0.2, 0) is 14.8 Å². The predicted octanol–water partition coefficient (Wildman–Crippen LogP) is 5.30. The number of nitrogens with one attached hydrogen (secondary N) is 1. The number of anilines is 1. The van der Waals surface area contributed by atoms with Crippen molar-refractivity contribution >= 4 is 62.6 Å². The fourth-order valence-electron chi connectivity index (χ4n) is 2.82. The molecule has 0 aliphatic heterocycles. The van der Waals surface area contributed by atoms with Gasteiger partial charge in [-0.15, -0.1) is 0 Å². The molecule has 0 aromatic heterocycles. The first-order valence-electron chi connectivity index (χ1n) is 9.30. The van der Waals surface area contributed by atoms with Gasteiger partial charge in [0.25, 0.3) is 15.9 Å². The summed E-state index contributed by atoms with van der Waals surface area (Å²) in [5.41, 5.74) is 3.77. The van der Waals surface area contributed by atoms with Gasteiger partial charge in [-0.2, -0.15) is 5.10 Å². The number of rotatable bonds is 7. The zero-order valence-corrected chi connectivity index (χ0v) is 19.9. The van der Waals surface area contributed by atoms with Crippen molar-refractivity contribution in [1.82, 2.24) is 5.43 Å². The second-order valence-corrected chi connectivity index (χ2v) is 9.76. The van der Waals surface area contributed by atoms with Gasteiger partial charge in [-0.1, -0.05) is 65.1 Å². The lowest BCUT2D eigenvalue weighted by Gasteiger charge is -2.25. The highest BCUT2D eigenvalue weighted by atomic mass is 35.5. The molecule has 0 saturated heterocycles. The Hall–Kier alpha value is -2.58. The Morgan fingerprint density at radius 2 is 1.69 bits per heavy atom. The molecule has 0 radical (unpaired) electrons. The van der Waals surface area contributed by atoms with Gasteiger partial charge in [0.1, 0.15) is 6.54 Å². The Morgan fingerprint density at radius 3 is 2.38 bits per heavy atom. The Bertz CT molecular complexity index is 1270. The first-order valence-corrected chi connectivity index (χ1v) is 11.9. The molecule has 0 fully saturated rings. The maximum Gasteiger partial charge on any atom is 0.264 e. The molecule has 0 saturated carbocycles. The van der Waals surface area contributed by atoms with Crippen LogP contribution in [0.1, 0.15) is 11.1 Å². The predicted molar refractivity (Wildman–Crippen MR) is 129 cm³/mol. The van der Waals surface area contributed by atoms with Crippen molar-refractivity contribution in [3.8, 4) is 0 Å². The lowest BCUT2D eigenvalue weighted by atomic mass is 10.2. The van der Waals surface area contributed by atoms with E-state index in [9.17, 15) is 13.2 Å². The van der Waals surface area contributed by atoms with E-state index in [2.05, 4.69) is 10.5 Å². The molecular formula is C22H18Cl3N3O3S. The number of benzene rings is 3. The van der Waals surface area contributed by atoms with Crippen molar-refractivity contribution < 1.29 is 13.2 Å². The van der Waals surface area contributed by atoms with E-state index in [1.807, 2.05) is 0 Å². The Balaban J connectivity index is 1.87. The third-order valence-corrected chi connectivity index (χ3v) is 7.40. The van der Waals surface area contributed by atoms with Gasteiger partial charge < -0.3 is 0 Å². The van der Waals surface area contributed by atoms with Gasteiger partial charge >= 0.3 is 0 Å². The average molecular weight is 511 g/mol. The average Bonchev–Trinajstić information content (AvgIpc) is 2.77. The van der Waals surface area contributed by atoms with E-state index in [1.54, 1.807) is 61.5 Å². The maximum atomic E-state index is 13.3. The Kier molecular flexibility index (Phi) is 7.79. The number of hydrazone groups is 1. The number of carbonyl (C=O) groups is 1. The van der Waals surface area contributed by atoms with Crippen molar-refractivity contribution in [2.24, 2.45) is 5.10 Å². The Morgan fingerprint density at radius 1 is 0.969 bits per heavy atom. The van der Waals surface area contributed by atoms with E-state index in [-0.39, 0.29) is 4.90 Å². The number of nitrogens with zero attached hydrogens (tertiary/aromatic N) is 2. The van der Waals surface area contributed by atoms with E-state index in [0.717, 1.165) is 4.31 Å². The molecule has 166 valence electrons. The van der Waals surface area contributed by atoms with Crippen molar-refractivity contribution in [2.75, 3.05) is 10.8 Å². The molecule has 3 rings (SSSR count). The quantitative estimate of drug-likeness (QED) is 0.346. The van der Waals surface area contributed by atoms with E-state index >= 15 is 0 Å². The third-order valence-electron chi connectivity index (χ3n) is 4.47. The molecule has 10 heteroatoms. The zero-order valence-electron chi connectivity index (χ0n) is 16.8. The van der Waals surface area contributed by atoms with Crippen LogP contribution in [0.3, 0.4) is 0 Å². The second-order valence-electron chi connectivity index (χ2n) is 6.68. The first kappa shape index (κ1) is 24.1. The van der Waals surface area contributed by atoms with Crippen LogP contribution in [0.5, 0.6) is 0 Å². The van der Waals surface area contributed by atoms with E-state index in [1.165, 1.54) is 18.3 Å². The molecule has 0 heterocycles. The van der Waals surface area contributed by atoms with Crippen LogP contribution in [0.25, 0.3) is 0 Å². The van der Waals surface area contributed by atoms with Crippen molar-refractivity contribution in [1.29, 1.82) is 0 Å². The van der Waals surface area contributed by atoms with Crippen LogP contribution >= 0.6 is 34.8 Å². The molecule has 0 bridgehead atoms. The summed E-state index contributed by atoms with van der Waals surface area (Å²) in [5, 5.41) is 5.00. The lowest BCUT2D eigenvalue weighted by molar-refractivity contribution is -0.119. The molecule has 0 aliphatic carbocycles. The van der Waals surface area contributed by atoms with Crippen LogP contribution < -0.4 is 9.73 Å². The SMILES string of the molecule is Cc1c(Cl)cccc1N(CC(=O)N/N=C\c1ccc(Cl)c(Cl)c1)S(=O)(=O)c1ccccc1. The maximum absolute atomic E-state index is 13.3. The largest absolute Gasteiger partial charge is 0.271 e. The van der Waals surface area contributed by atoms with Gasteiger partial charge in [0.05, 0.1) is 26.8 Å². The van der Waals surface area contributed by atoms with E-state index < -0.39 is 22.5 Å². The third kappa shape index (κ3) is 5.61. The smallest absolute Gasteiger partial charge is 0.264 e. The normalized spacial score (nSPS) is 11.5. The van der Waals surface area contributed by atoms with Gasteiger partial charge in [0.15, 0.2) is 0 Å². The fourth-order valence-corrected chi connectivity index (χ4v) is 4.80. The van der Waals surface area contributed by atoms with Gasteiger partial charge in [-0.05, 0) is 54.4 Å². The van der Waals surface area contributed by atoms with Crippen LogP contribution in [0, 0.1) is 6.92 Å². The van der Waals surface area contributed by atoms with Gasteiger partial charge in [0.2, 0.25) is 0 Å². The van der Waals surface area contributed by atoms with Crippen molar-refractivity contribution in [3.63, 3.8) is 0 Å². The molecule has 1 N–H and O–H groups in total. The highest BCUT2D eigenvalue weighted by Gasteiger charge is 2.28. The minimum Gasteiger partial charge on any atom is -0.271 e. The zero-order chi connectivity index (χ0) is 23.3. The minimum absolute atomic E-state index is 0.0477. The molecule has 32 heavy (non-hydrogen) atoms. The summed E-state index contributed by atoms with van der Waals surface area (Å²) in [7, 11) is -4.05. The highest BCUT2D eigenvalue weighted by molar-refractivity contribution is 7.92. The van der Waals surface area contributed by atoms with Crippen molar-refractivity contribution in [3.05, 3.63) is 92.9 Å². The van der Waals surface area contributed by atoms with Crippen LogP contribution in [0.4, 0.5) is 5.69 Å². The lowest BCUT2D eigenvalue weighted by Crippen LogP contribution is -2.40. The van der Waals surface area contributed by atoms with Crippen LogP contribution in [0.2, 0.25) is 15.1 Å². The highest BCUT2D eigenvalue weighted by Crippen LogP contribution is 2.30. The molecule has 6 nitrogen and oxygen atoms in total. The summed E-state index contributed by atoms with van der Waals surface area (Å²) < 4.78 is 27.7. The Labute approximate surface area is 201 Å². The first-order chi connectivity index (χ1) is 15.2. The monoisotopic (exact) mass is 509 g/mol. The van der Waals surface area contributed by atoms with Gasteiger partial charge in [-0.3, -0.25) is 9.10 Å². The molecule has 3 aromatic carbocycles. The van der Waals surface area contributed by atoms with Crippen LogP contribution in [0.15, 0.2) is 76.7 Å². The molecule has 3 aromatic rings. The summed E-state index contributed by atoms with van der Waals surface area (Å²) in [6.07, 6.45) is 1.38. The number of hydrogen-bond acceptors (Lipinski definition) is 4. The molecule has 0 unspecified atom stereocenters. The fraction of sp³-hybridized carbons (Fsp3) is 0.0909. The summed E-state index contributed by atoms with van der Waals surface area (Å²) in [4.78, 5) is 12.6. The summed E-state index contributed by atoms with van der Waals surface area (Å²) in [6, 6.07) is 17.6. The molecule has 1 amide bonds. The standard InChI is InChI=1S/C22H18Cl3N3O3S/c1-15-18(23)8-5-9-21(15)28(32(30,31)17-6-3-2-4-7-17)14-22(29)27-26-13-16-10-11-19(24)20(25)12-16/h2-13H,14H2,1H3,(H,27,29)/b26-13-. The van der Waals surface area contributed by atoms with E-state index in [4.69, 9.17) is 34.8 Å². The second kappa shape index (κ2) is 10.4. The number of halogens is 3. The topological polar surface area (TPSA) is 78.8 Å². The molecular weight excluding hydrogens is 493 g/mol. The minimum atomic E-state index is -4.05. The summed E-state index contributed by atoms with van der Waals surface area (Å²) in [6.45, 7) is 1.18. The molecule has 0 aliphatic rings. The molecule has 0 spiro atoms. The van der Waals surface area contributed by atoms with Gasteiger partial charge in [-0.25, -0.2) is 13.8 Å².